The van der Waals surface area contributed by atoms with Gasteiger partial charge in [-0.25, -0.2) is 0 Å². The fourth-order valence-electron chi connectivity index (χ4n) is 0.988. The van der Waals surface area contributed by atoms with Crippen LogP contribution in [0.5, 0.6) is 5.75 Å². The highest BCUT2D eigenvalue weighted by atomic mass is 79.9. The van der Waals surface area contributed by atoms with E-state index in [9.17, 15) is 5.11 Å². The lowest BCUT2D eigenvalue weighted by Crippen LogP contribution is -1.88. The van der Waals surface area contributed by atoms with E-state index in [1.54, 1.807) is 0 Å². The van der Waals surface area contributed by atoms with E-state index in [1.165, 1.54) is 0 Å². The van der Waals surface area contributed by atoms with Crippen molar-refractivity contribution >= 4 is 63.7 Å². The second kappa shape index (κ2) is 4.64. The van der Waals surface area contributed by atoms with Crippen molar-refractivity contribution in [3.05, 3.63) is 23.5 Å². The van der Waals surface area contributed by atoms with Crippen LogP contribution in [0.3, 0.4) is 0 Å². The molecule has 5 heteroatoms. The lowest BCUT2D eigenvalue weighted by molar-refractivity contribution is 0.464. The van der Waals surface area contributed by atoms with Gasteiger partial charge in [-0.1, -0.05) is 6.92 Å². The van der Waals surface area contributed by atoms with E-state index < -0.39 is 0 Å². The zero-order valence-electron chi connectivity index (χ0n) is 6.67. The summed E-state index contributed by atoms with van der Waals surface area (Å²) in [5, 5.41) is 9.76. The van der Waals surface area contributed by atoms with Crippen LogP contribution in [0.25, 0.3) is 0 Å². The van der Waals surface area contributed by atoms with Gasteiger partial charge in [-0.3, -0.25) is 0 Å². The Morgan fingerprint density at radius 2 is 1.38 bits per heavy atom. The highest BCUT2D eigenvalue weighted by molar-refractivity contribution is 9.15. The first-order chi connectivity index (χ1) is 6.00. The van der Waals surface area contributed by atoms with Gasteiger partial charge in [-0.15, -0.1) is 0 Å². The molecule has 13 heavy (non-hydrogen) atoms. The van der Waals surface area contributed by atoms with Crippen molar-refractivity contribution in [2.45, 2.75) is 13.3 Å². The summed E-state index contributed by atoms with van der Waals surface area (Å²) in [7, 11) is 0. The SMILES string of the molecule is CCc1c(O)c(Br)c(Br)c(Br)c1Br. The molecular formula is C8H6Br4O. The summed E-state index contributed by atoms with van der Waals surface area (Å²) >= 11 is 13.5. The monoisotopic (exact) mass is 434 g/mol. The molecule has 0 atom stereocenters. The molecule has 0 bridgehead atoms. The molecule has 0 saturated carbocycles. The normalized spacial score (nSPS) is 10.5. The fraction of sp³-hybridized carbons (Fsp3) is 0.250. The predicted molar refractivity (Wildman–Crippen MR) is 68.3 cm³/mol. The number of rotatable bonds is 1. The number of hydrogen-bond acceptors (Lipinski definition) is 1. The number of hydrogen-bond donors (Lipinski definition) is 1. The third kappa shape index (κ3) is 2.13. The summed E-state index contributed by atoms with van der Waals surface area (Å²) in [5.41, 5.74) is 0.891. The van der Waals surface area contributed by atoms with Crippen molar-refractivity contribution < 1.29 is 5.11 Å². The molecule has 1 N–H and O–H groups in total. The van der Waals surface area contributed by atoms with Crippen LogP contribution in [0.2, 0.25) is 0 Å². The average Bonchev–Trinajstić information content (AvgIpc) is 2.13. The van der Waals surface area contributed by atoms with Crippen LogP contribution < -0.4 is 0 Å². The topological polar surface area (TPSA) is 20.2 Å². The zero-order chi connectivity index (χ0) is 10.2. The minimum absolute atomic E-state index is 0.282. The van der Waals surface area contributed by atoms with Crippen molar-refractivity contribution in [2.75, 3.05) is 0 Å². The van der Waals surface area contributed by atoms with E-state index in [0.717, 1.165) is 25.4 Å². The Morgan fingerprint density at radius 1 is 0.923 bits per heavy atom. The molecule has 1 aromatic carbocycles. The van der Waals surface area contributed by atoms with Crippen LogP contribution in [0.4, 0.5) is 0 Å². The second-order valence-electron chi connectivity index (χ2n) is 2.44. The maximum absolute atomic E-state index is 9.76. The van der Waals surface area contributed by atoms with Gasteiger partial charge < -0.3 is 5.11 Å². The van der Waals surface area contributed by atoms with Crippen LogP contribution in [0, 0.1) is 0 Å². The first-order valence-corrected chi connectivity index (χ1v) is 6.71. The van der Waals surface area contributed by atoms with Crippen molar-refractivity contribution in [1.82, 2.24) is 0 Å². The summed E-state index contributed by atoms with van der Waals surface area (Å²) in [6.45, 7) is 1.99. The molecule has 0 spiro atoms. The predicted octanol–water partition coefficient (Wildman–Crippen LogP) is 5.00. The molecule has 0 saturated heterocycles. The molecule has 72 valence electrons. The van der Waals surface area contributed by atoms with E-state index in [-0.39, 0.29) is 5.75 Å². The molecule has 0 radical (unpaired) electrons. The van der Waals surface area contributed by atoms with Crippen LogP contribution in [0.15, 0.2) is 17.9 Å². The van der Waals surface area contributed by atoms with Crippen molar-refractivity contribution in [2.24, 2.45) is 0 Å². The Bertz CT molecular complexity index is 319. The Balaban J connectivity index is 3.56. The number of halogens is 4. The van der Waals surface area contributed by atoms with Gasteiger partial charge in [0.2, 0.25) is 0 Å². The number of phenols is 1. The van der Waals surface area contributed by atoms with Crippen LogP contribution in [0.1, 0.15) is 12.5 Å². The van der Waals surface area contributed by atoms with E-state index in [0.29, 0.717) is 4.47 Å². The van der Waals surface area contributed by atoms with Crippen LogP contribution in [-0.2, 0) is 6.42 Å². The lowest BCUT2D eigenvalue weighted by Gasteiger charge is -2.11. The van der Waals surface area contributed by atoms with Gasteiger partial charge in [-0.2, -0.15) is 0 Å². The molecular weight excluding hydrogens is 432 g/mol. The maximum atomic E-state index is 9.76. The van der Waals surface area contributed by atoms with Crippen LogP contribution in [-0.4, -0.2) is 5.11 Å². The first kappa shape index (κ1) is 12.0. The molecule has 0 aromatic heterocycles. The van der Waals surface area contributed by atoms with E-state index >= 15 is 0 Å². The minimum Gasteiger partial charge on any atom is -0.506 e. The highest BCUT2D eigenvalue weighted by Gasteiger charge is 2.16. The summed E-state index contributed by atoms with van der Waals surface area (Å²) in [6.07, 6.45) is 0.775. The molecule has 0 amide bonds. The number of benzene rings is 1. The van der Waals surface area contributed by atoms with Gasteiger partial charge in [-0.05, 0) is 70.1 Å². The Kier molecular flexibility index (Phi) is 4.29. The molecule has 0 unspecified atom stereocenters. The Labute approximate surface area is 110 Å². The highest BCUT2D eigenvalue weighted by Crippen LogP contribution is 2.45. The van der Waals surface area contributed by atoms with Gasteiger partial charge in [0, 0.05) is 14.5 Å². The summed E-state index contributed by atoms with van der Waals surface area (Å²) < 4.78 is 3.30. The molecule has 0 fully saturated rings. The third-order valence-corrected chi connectivity index (χ3v) is 6.52. The molecule has 0 aliphatic heterocycles. The molecule has 1 rings (SSSR count). The summed E-state index contributed by atoms with van der Waals surface area (Å²) in [6, 6.07) is 0. The fourth-order valence-corrected chi connectivity index (χ4v) is 3.45. The van der Waals surface area contributed by atoms with Gasteiger partial charge in [0.15, 0.2) is 0 Å². The van der Waals surface area contributed by atoms with Gasteiger partial charge in [0.25, 0.3) is 0 Å². The molecule has 0 aliphatic carbocycles. The maximum Gasteiger partial charge on any atom is 0.135 e. The molecule has 1 nitrogen and oxygen atoms in total. The van der Waals surface area contributed by atoms with Gasteiger partial charge >= 0.3 is 0 Å². The standard InChI is InChI=1S/C8H6Br4O/c1-2-3-4(9)5(10)6(11)7(12)8(3)13/h13H,2H2,1H3. The van der Waals surface area contributed by atoms with E-state index in [1.807, 2.05) is 6.92 Å². The van der Waals surface area contributed by atoms with Crippen molar-refractivity contribution in [3.8, 4) is 5.75 Å². The zero-order valence-corrected chi connectivity index (χ0v) is 13.0. The molecule has 0 aliphatic rings. The van der Waals surface area contributed by atoms with Crippen LogP contribution >= 0.6 is 63.7 Å². The number of aromatic hydroxyl groups is 1. The van der Waals surface area contributed by atoms with E-state index in [4.69, 9.17) is 0 Å². The molecule has 1 aromatic rings. The molecule has 0 heterocycles. The van der Waals surface area contributed by atoms with Crippen molar-refractivity contribution in [3.63, 3.8) is 0 Å². The minimum atomic E-state index is 0.282. The smallest absolute Gasteiger partial charge is 0.135 e. The number of phenolic OH excluding ortho intramolecular Hbond substituents is 1. The average molecular weight is 438 g/mol. The van der Waals surface area contributed by atoms with Gasteiger partial charge in [0.05, 0.1) is 8.95 Å². The van der Waals surface area contributed by atoms with Gasteiger partial charge in [0.1, 0.15) is 5.75 Å². The largest absolute Gasteiger partial charge is 0.506 e. The summed E-state index contributed by atoms with van der Waals surface area (Å²) in [5.74, 6) is 0.282. The summed E-state index contributed by atoms with van der Waals surface area (Å²) in [4.78, 5) is 0. The Hall–Kier alpha value is 0.940. The quantitative estimate of drug-likeness (QED) is 0.484. The third-order valence-electron chi connectivity index (χ3n) is 1.69. The lowest BCUT2D eigenvalue weighted by atomic mass is 10.1. The van der Waals surface area contributed by atoms with Crippen molar-refractivity contribution in [1.29, 1.82) is 0 Å². The van der Waals surface area contributed by atoms with E-state index in [2.05, 4.69) is 63.7 Å². The Morgan fingerprint density at radius 3 is 1.85 bits per heavy atom. The first-order valence-electron chi connectivity index (χ1n) is 3.54. The second-order valence-corrected chi connectivity index (χ2v) is 5.61.